The van der Waals surface area contributed by atoms with E-state index in [0.29, 0.717) is 19.4 Å². The first-order valence-corrected chi connectivity index (χ1v) is 5.51. The summed E-state index contributed by atoms with van der Waals surface area (Å²) in [5.74, 6) is 0. The van der Waals surface area contributed by atoms with E-state index in [1.807, 2.05) is 0 Å². The van der Waals surface area contributed by atoms with Crippen molar-refractivity contribution in [1.29, 1.82) is 0 Å². The van der Waals surface area contributed by atoms with Gasteiger partial charge in [-0.2, -0.15) is 0 Å². The highest BCUT2D eigenvalue weighted by molar-refractivity contribution is 5.22. The molecular weight excluding hydrogens is 188 g/mol. The fourth-order valence-electron chi connectivity index (χ4n) is 1.54. The van der Waals surface area contributed by atoms with Crippen LogP contribution in [0.15, 0.2) is 24.3 Å². The van der Waals surface area contributed by atoms with E-state index in [2.05, 4.69) is 31.2 Å². The Morgan fingerprint density at radius 1 is 1.20 bits per heavy atom. The molecule has 0 fully saturated rings. The predicted molar refractivity (Wildman–Crippen MR) is 62.0 cm³/mol. The molecule has 84 valence electrons. The van der Waals surface area contributed by atoms with Gasteiger partial charge >= 0.3 is 0 Å². The largest absolute Gasteiger partial charge is 0.393 e. The Kier molecular flexibility index (Phi) is 5.37. The first-order valence-electron chi connectivity index (χ1n) is 5.51. The second kappa shape index (κ2) is 6.59. The van der Waals surface area contributed by atoms with E-state index in [1.54, 1.807) is 7.11 Å². The standard InChI is InChI=1S/C13H20O2/c1-3-11-4-6-12(7-5-11)10-13(14)8-9-15-2/h4-7,13-14H,3,8-10H2,1-2H3. The SMILES string of the molecule is CCc1ccc(CC(O)CCOC)cc1. The molecule has 0 radical (unpaired) electrons. The highest BCUT2D eigenvalue weighted by Gasteiger charge is 2.04. The molecule has 0 heterocycles. The van der Waals surface area contributed by atoms with Crippen molar-refractivity contribution in [3.05, 3.63) is 35.4 Å². The molecular formula is C13H20O2. The van der Waals surface area contributed by atoms with E-state index in [4.69, 9.17) is 4.74 Å². The number of benzene rings is 1. The first kappa shape index (κ1) is 12.2. The molecule has 1 aromatic rings. The number of hydrogen-bond donors (Lipinski definition) is 1. The molecule has 0 aliphatic rings. The van der Waals surface area contributed by atoms with Crippen molar-refractivity contribution in [3.63, 3.8) is 0 Å². The summed E-state index contributed by atoms with van der Waals surface area (Å²) in [5.41, 5.74) is 2.53. The van der Waals surface area contributed by atoms with Gasteiger partial charge in [-0.05, 0) is 30.4 Å². The van der Waals surface area contributed by atoms with Crippen molar-refractivity contribution in [2.75, 3.05) is 13.7 Å². The summed E-state index contributed by atoms with van der Waals surface area (Å²) in [4.78, 5) is 0. The number of hydrogen-bond acceptors (Lipinski definition) is 2. The topological polar surface area (TPSA) is 29.5 Å². The van der Waals surface area contributed by atoms with Crippen LogP contribution in [0.3, 0.4) is 0 Å². The molecule has 0 amide bonds. The van der Waals surface area contributed by atoms with Gasteiger partial charge in [-0.15, -0.1) is 0 Å². The Balaban J connectivity index is 2.42. The lowest BCUT2D eigenvalue weighted by atomic mass is 10.0. The molecule has 0 aliphatic heterocycles. The minimum absolute atomic E-state index is 0.294. The molecule has 1 N–H and O–H groups in total. The average Bonchev–Trinajstić information content (AvgIpc) is 2.27. The number of aliphatic hydroxyl groups is 1. The summed E-state index contributed by atoms with van der Waals surface area (Å²) in [6, 6.07) is 8.43. The van der Waals surface area contributed by atoms with Gasteiger partial charge in [0, 0.05) is 13.7 Å². The molecule has 0 aliphatic carbocycles. The van der Waals surface area contributed by atoms with Crippen LogP contribution in [0.25, 0.3) is 0 Å². The Labute approximate surface area is 91.9 Å². The molecule has 0 saturated heterocycles. The van der Waals surface area contributed by atoms with E-state index in [9.17, 15) is 5.11 Å². The third kappa shape index (κ3) is 4.45. The Bertz CT molecular complexity index is 266. The molecule has 1 atom stereocenters. The van der Waals surface area contributed by atoms with Crippen LogP contribution in [0.2, 0.25) is 0 Å². The quantitative estimate of drug-likeness (QED) is 0.776. The summed E-state index contributed by atoms with van der Waals surface area (Å²) in [6.07, 6.45) is 2.18. The molecule has 0 saturated carbocycles. The van der Waals surface area contributed by atoms with Crippen molar-refractivity contribution in [2.24, 2.45) is 0 Å². The maximum absolute atomic E-state index is 9.68. The molecule has 2 heteroatoms. The van der Waals surface area contributed by atoms with Crippen LogP contribution < -0.4 is 0 Å². The van der Waals surface area contributed by atoms with Gasteiger partial charge in [0.15, 0.2) is 0 Å². The van der Waals surface area contributed by atoms with Crippen LogP contribution >= 0.6 is 0 Å². The van der Waals surface area contributed by atoms with Gasteiger partial charge in [0.25, 0.3) is 0 Å². The Morgan fingerprint density at radius 2 is 1.80 bits per heavy atom. The molecule has 15 heavy (non-hydrogen) atoms. The third-order valence-electron chi connectivity index (χ3n) is 2.56. The summed E-state index contributed by atoms with van der Waals surface area (Å²) >= 11 is 0. The van der Waals surface area contributed by atoms with Gasteiger partial charge in [-0.1, -0.05) is 31.2 Å². The lowest BCUT2D eigenvalue weighted by molar-refractivity contribution is 0.110. The molecule has 0 aromatic heterocycles. The van der Waals surface area contributed by atoms with Crippen LogP contribution in [0.1, 0.15) is 24.5 Å². The summed E-state index contributed by atoms with van der Waals surface area (Å²) in [5, 5.41) is 9.68. The maximum atomic E-state index is 9.68. The second-order valence-electron chi connectivity index (χ2n) is 3.81. The monoisotopic (exact) mass is 208 g/mol. The zero-order valence-electron chi connectivity index (χ0n) is 9.57. The summed E-state index contributed by atoms with van der Waals surface area (Å²) < 4.78 is 4.93. The van der Waals surface area contributed by atoms with Gasteiger partial charge in [0.2, 0.25) is 0 Å². The van der Waals surface area contributed by atoms with E-state index in [1.165, 1.54) is 11.1 Å². The van der Waals surface area contributed by atoms with Crippen molar-refractivity contribution in [3.8, 4) is 0 Å². The van der Waals surface area contributed by atoms with E-state index < -0.39 is 0 Å². The fraction of sp³-hybridized carbons (Fsp3) is 0.538. The zero-order chi connectivity index (χ0) is 11.1. The van der Waals surface area contributed by atoms with Crippen molar-refractivity contribution in [2.45, 2.75) is 32.3 Å². The zero-order valence-corrected chi connectivity index (χ0v) is 9.57. The lowest BCUT2D eigenvalue weighted by Gasteiger charge is -2.10. The maximum Gasteiger partial charge on any atom is 0.0602 e. The number of methoxy groups -OCH3 is 1. The van der Waals surface area contributed by atoms with Gasteiger partial charge < -0.3 is 9.84 Å². The Morgan fingerprint density at radius 3 is 2.33 bits per heavy atom. The second-order valence-corrected chi connectivity index (χ2v) is 3.81. The normalized spacial score (nSPS) is 12.7. The van der Waals surface area contributed by atoms with Crippen LogP contribution in [-0.4, -0.2) is 24.9 Å². The summed E-state index contributed by atoms with van der Waals surface area (Å²) in [6.45, 7) is 2.76. The third-order valence-corrected chi connectivity index (χ3v) is 2.56. The average molecular weight is 208 g/mol. The number of aryl methyl sites for hydroxylation is 1. The smallest absolute Gasteiger partial charge is 0.0602 e. The van der Waals surface area contributed by atoms with Crippen molar-refractivity contribution in [1.82, 2.24) is 0 Å². The van der Waals surface area contributed by atoms with Gasteiger partial charge in [-0.3, -0.25) is 0 Å². The van der Waals surface area contributed by atoms with Gasteiger partial charge in [-0.25, -0.2) is 0 Å². The molecule has 1 aromatic carbocycles. The minimum Gasteiger partial charge on any atom is -0.393 e. The van der Waals surface area contributed by atoms with Gasteiger partial charge in [0.1, 0.15) is 0 Å². The lowest BCUT2D eigenvalue weighted by Crippen LogP contribution is -2.12. The number of rotatable bonds is 6. The van der Waals surface area contributed by atoms with Crippen molar-refractivity contribution < 1.29 is 9.84 Å². The highest BCUT2D eigenvalue weighted by atomic mass is 16.5. The summed E-state index contributed by atoms with van der Waals surface area (Å²) in [7, 11) is 1.66. The number of aliphatic hydroxyl groups excluding tert-OH is 1. The van der Waals surface area contributed by atoms with Crippen LogP contribution in [0.4, 0.5) is 0 Å². The van der Waals surface area contributed by atoms with E-state index >= 15 is 0 Å². The predicted octanol–water partition coefficient (Wildman–Crippen LogP) is 2.19. The van der Waals surface area contributed by atoms with E-state index in [0.717, 1.165) is 6.42 Å². The number of ether oxygens (including phenoxy) is 1. The molecule has 0 spiro atoms. The minimum atomic E-state index is -0.294. The van der Waals surface area contributed by atoms with E-state index in [-0.39, 0.29) is 6.10 Å². The molecule has 0 bridgehead atoms. The molecule has 1 rings (SSSR count). The van der Waals surface area contributed by atoms with Crippen LogP contribution in [0, 0.1) is 0 Å². The highest BCUT2D eigenvalue weighted by Crippen LogP contribution is 2.09. The Hall–Kier alpha value is -0.860. The molecule has 2 nitrogen and oxygen atoms in total. The first-order chi connectivity index (χ1) is 7.26. The van der Waals surface area contributed by atoms with Crippen LogP contribution in [-0.2, 0) is 17.6 Å². The van der Waals surface area contributed by atoms with Crippen molar-refractivity contribution >= 4 is 0 Å². The molecule has 1 unspecified atom stereocenters. The van der Waals surface area contributed by atoms with Crippen LogP contribution in [0.5, 0.6) is 0 Å². The fourth-order valence-corrected chi connectivity index (χ4v) is 1.54. The van der Waals surface area contributed by atoms with Gasteiger partial charge in [0.05, 0.1) is 6.10 Å².